The van der Waals surface area contributed by atoms with Crippen LogP contribution in [0.15, 0.2) is 53.9 Å². The summed E-state index contributed by atoms with van der Waals surface area (Å²) >= 11 is 1.42. The lowest BCUT2D eigenvalue weighted by atomic mass is 10.1. The first-order chi connectivity index (χ1) is 16.1. The Labute approximate surface area is 192 Å². The minimum Gasteiger partial charge on any atom is -0.385 e. The van der Waals surface area contributed by atoms with E-state index in [2.05, 4.69) is 15.4 Å². The molecule has 33 heavy (non-hydrogen) atoms. The van der Waals surface area contributed by atoms with Crippen LogP contribution < -0.4 is 5.32 Å². The standard InChI is InChI=1S/C23H19N5O4S/c1-32-11-5-10-27-20(30)16-9-8-15(12-17(16)21(27)31)19(29)24-22-25-23-28(26-22)18(13-33-23)14-6-3-2-4-7-14/h2-4,6-9,12-13H,5,10-11H2,1H3,(H,24,26,29). The minimum absolute atomic E-state index is 0.160. The average molecular weight is 462 g/mol. The monoisotopic (exact) mass is 461 g/mol. The van der Waals surface area contributed by atoms with Gasteiger partial charge in [0.25, 0.3) is 23.7 Å². The van der Waals surface area contributed by atoms with Gasteiger partial charge in [-0.2, -0.15) is 4.98 Å². The highest BCUT2D eigenvalue weighted by molar-refractivity contribution is 7.15. The van der Waals surface area contributed by atoms with Crippen molar-refractivity contribution in [1.29, 1.82) is 0 Å². The number of benzene rings is 2. The molecule has 0 aliphatic carbocycles. The molecule has 3 amide bonds. The number of fused-ring (bicyclic) bond motifs is 2. The van der Waals surface area contributed by atoms with Crippen molar-refractivity contribution in [2.24, 2.45) is 0 Å². The fraction of sp³-hybridized carbons (Fsp3) is 0.174. The first-order valence-electron chi connectivity index (χ1n) is 10.3. The number of amides is 3. The Balaban J connectivity index is 1.35. The van der Waals surface area contributed by atoms with Gasteiger partial charge in [0.2, 0.25) is 4.96 Å². The number of hydrogen-bond acceptors (Lipinski definition) is 7. The molecule has 0 atom stereocenters. The summed E-state index contributed by atoms with van der Waals surface area (Å²) in [6, 6.07) is 14.2. The number of hydrogen-bond donors (Lipinski definition) is 1. The van der Waals surface area contributed by atoms with Gasteiger partial charge in [-0.05, 0) is 24.6 Å². The summed E-state index contributed by atoms with van der Waals surface area (Å²) in [7, 11) is 1.56. The molecule has 1 N–H and O–H groups in total. The van der Waals surface area contributed by atoms with E-state index >= 15 is 0 Å². The number of thiazole rings is 1. The van der Waals surface area contributed by atoms with E-state index in [4.69, 9.17) is 4.74 Å². The van der Waals surface area contributed by atoms with E-state index < -0.39 is 11.8 Å². The normalized spacial score (nSPS) is 13.1. The number of ether oxygens (including phenoxy) is 1. The van der Waals surface area contributed by atoms with Crippen molar-refractivity contribution in [3.63, 3.8) is 0 Å². The maximum Gasteiger partial charge on any atom is 0.261 e. The van der Waals surface area contributed by atoms with E-state index in [0.717, 1.165) is 11.3 Å². The molecular weight excluding hydrogens is 442 g/mol. The van der Waals surface area contributed by atoms with Crippen molar-refractivity contribution in [3.05, 3.63) is 70.6 Å². The van der Waals surface area contributed by atoms with Crippen molar-refractivity contribution >= 4 is 40.0 Å². The van der Waals surface area contributed by atoms with E-state index in [9.17, 15) is 14.4 Å². The molecule has 0 fully saturated rings. The second-order valence-corrected chi connectivity index (χ2v) is 8.28. The van der Waals surface area contributed by atoms with Gasteiger partial charge in [-0.1, -0.05) is 30.3 Å². The van der Waals surface area contributed by atoms with E-state index in [1.807, 2.05) is 35.7 Å². The Morgan fingerprint density at radius 3 is 2.67 bits per heavy atom. The smallest absolute Gasteiger partial charge is 0.261 e. The number of aromatic nitrogens is 3. The molecule has 0 saturated carbocycles. The molecule has 9 nitrogen and oxygen atoms in total. The van der Waals surface area contributed by atoms with Crippen LogP contribution in [0.2, 0.25) is 0 Å². The number of carbonyl (C=O) groups excluding carboxylic acids is 3. The molecule has 0 saturated heterocycles. The zero-order valence-electron chi connectivity index (χ0n) is 17.6. The molecule has 0 unspecified atom stereocenters. The van der Waals surface area contributed by atoms with E-state index in [0.29, 0.717) is 23.6 Å². The zero-order valence-corrected chi connectivity index (χ0v) is 18.5. The van der Waals surface area contributed by atoms with Crippen molar-refractivity contribution in [3.8, 4) is 11.3 Å². The number of nitrogens with zero attached hydrogens (tertiary/aromatic N) is 4. The summed E-state index contributed by atoms with van der Waals surface area (Å²) in [4.78, 5) is 44.3. The van der Waals surface area contributed by atoms with Crippen LogP contribution in [-0.2, 0) is 4.74 Å². The molecule has 1 aliphatic heterocycles. The lowest BCUT2D eigenvalue weighted by Crippen LogP contribution is -2.31. The lowest BCUT2D eigenvalue weighted by molar-refractivity contribution is 0.0638. The van der Waals surface area contributed by atoms with Gasteiger partial charge < -0.3 is 4.74 Å². The third-order valence-corrected chi connectivity index (χ3v) is 6.16. The maximum absolute atomic E-state index is 12.8. The predicted molar refractivity (Wildman–Crippen MR) is 123 cm³/mol. The van der Waals surface area contributed by atoms with Crippen LogP contribution in [0.3, 0.4) is 0 Å². The van der Waals surface area contributed by atoms with Crippen molar-refractivity contribution in [1.82, 2.24) is 19.5 Å². The second kappa shape index (κ2) is 8.57. The molecule has 3 heterocycles. The molecule has 2 aromatic heterocycles. The summed E-state index contributed by atoms with van der Waals surface area (Å²) < 4.78 is 6.67. The third kappa shape index (κ3) is 3.79. The van der Waals surface area contributed by atoms with Crippen LogP contribution in [0.5, 0.6) is 0 Å². The molecule has 4 aromatic rings. The lowest BCUT2D eigenvalue weighted by Gasteiger charge is -2.12. The minimum atomic E-state index is -0.463. The number of rotatable bonds is 7. The summed E-state index contributed by atoms with van der Waals surface area (Å²) in [5, 5.41) is 9.05. The first-order valence-corrected chi connectivity index (χ1v) is 11.1. The summed E-state index contributed by atoms with van der Waals surface area (Å²) in [5.74, 6) is -1.07. The molecule has 10 heteroatoms. The molecule has 0 bridgehead atoms. The van der Waals surface area contributed by atoms with Crippen LogP contribution in [0.4, 0.5) is 5.95 Å². The first kappa shape index (κ1) is 21.0. The van der Waals surface area contributed by atoms with Crippen LogP contribution >= 0.6 is 11.3 Å². The fourth-order valence-corrected chi connectivity index (χ4v) is 4.55. The predicted octanol–water partition coefficient (Wildman–Crippen LogP) is 3.34. The Morgan fingerprint density at radius 2 is 1.88 bits per heavy atom. The van der Waals surface area contributed by atoms with E-state index in [-0.39, 0.29) is 29.5 Å². The molecule has 0 spiro atoms. The molecule has 166 valence electrons. The Kier molecular flexibility index (Phi) is 5.45. The summed E-state index contributed by atoms with van der Waals surface area (Å²) in [6.07, 6.45) is 0.545. The quantitative estimate of drug-likeness (QED) is 0.334. The van der Waals surface area contributed by atoms with Crippen LogP contribution in [-0.4, -0.2) is 57.5 Å². The highest BCUT2D eigenvalue weighted by atomic mass is 32.1. The van der Waals surface area contributed by atoms with Crippen LogP contribution in [0.1, 0.15) is 37.5 Å². The number of carbonyl (C=O) groups is 3. The molecule has 5 rings (SSSR count). The Bertz CT molecular complexity index is 1380. The molecule has 1 aliphatic rings. The van der Waals surface area contributed by atoms with Crippen molar-refractivity contribution in [2.75, 3.05) is 25.6 Å². The van der Waals surface area contributed by atoms with Gasteiger partial charge in [-0.25, -0.2) is 4.52 Å². The topological polar surface area (TPSA) is 106 Å². The Hall–Kier alpha value is -3.89. The summed E-state index contributed by atoms with van der Waals surface area (Å²) in [6.45, 7) is 0.711. The Morgan fingerprint density at radius 1 is 1.09 bits per heavy atom. The number of methoxy groups -OCH3 is 1. The largest absolute Gasteiger partial charge is 0.385 e. The van der Waals surface area contributed by atoms with E-state index in [1.165, 1.54) is 34.4 Å². The third-order valence-electron chi connectivity index (χ3n) is 5.34. The second-order valence-electron chi connectivity index (χ2n) is 7.44. The van der Waals surface area contributed by atoms with Crippen molar-refractivity contribution in [2.45, 2.75) is 6.42 Å². The molecular formula is C23H19N5O4S. The van der Waals surface area contributed by atoms with Crippen LogP contribution in [0, 0.1) is 0 Å². The van der Waals surface area contributed by atoms with Gasteiger partial charge in [0.15, 0.2) is 0 Å². The fourth-order valence-electron chi connectivity index (χ4n) is 3.72. The van der Waals surface area contributed by atoms with Gasteiger partial charge >= 0.3 is 0 Å². The zero-order chi connectivity index (χ0) is 22.9. The van der Waals surface area contributed by atoms with Gasteiger partial charge in [0, 0.05) is 36.8 Å². The van der Waals surface area contributed by atoms with Gasteiger partial charge in [-0.15, -0.1) is 16.4 Å². The highest BCUT2D eigenvalue weighted by Gasteiger charge is 2.35. The summed E-state index contributed by atoms with van der Waals surface area (Å²) in [5.41, 5.74) is 2.62. The van der Waals surface area contributed by atoms with Gasteiger partial charge in [0.05, 0.1) is 16.8 Å². The molecule has 0 radical (unpaired) electrons. The van der Waals surface area contributed by atoms with Crippen molar-refractivity contribution < 1.29 is 19.1 Å². The van der Waals surface area contributed by atoms with Gasteiger partial charge in [0.1, 0.15) is 0 Å². The number of anilines is 1. The number of nitrogens with one attached hydrogen (secondary N) is 1. The maximum atomic E-state index is 12.8. The van der Waals surface area contributed by atoms with Crippen LogP contribution in [0.25, 0.3) is 16.2 Å². The average Bonchev–Trinajstić information content (AvgIpc) is 3.47. The SMILES string of the molecule is COCCCN1C(=O)c2ccc(C(=O)Nc3nc4scc(-c5ccccc5)n4n3)cc2C1=O. The number of imide groups is 1. The molecule has 2 aromatic carbocycles. The highest BCUT2D eigenvalue weighted by Crippen LogP contribution is 2.27. The van der Waals surface area contributed by atoms with E-state index in [1.54, 1.807) is 11.6 Å². The van der Waals surface area contributed by atoms with Gasteiger partial charge in [-0.3, -0.25) is 24.6 Å².